The van der Waals surface area contributed by atoms with Gasteiger partial charge >= 0.3 is 11.7 Å². The van der Waals surface area contributed by atoms with Crippen molar-refractivity contribution in [2.75, 3.05) is 31.3 Å². The fourth-order valence-corrected chi connectivity index (χ4v) is 3.81. The number of unbranched alkanes of at least 4 members (excludes halogenated alkanes) is 1. The number of methoxy groups -OCH3 is 1. The summed E-state index contributed by atoms with van der Waals surface area (Å²) in [7, 11) is 2.91. The number of hydrogen-bond donors (Lipinski definition) is 4. The molecule has 188 valence electrons. The number of likely N-dealkylation sites (N-methyl/N-ethyl adjacent to an activating group) is 1. The van der Waals surface area contributed by atoms with Crippen LogP contribution in [0.25, 0.3) is 0 Å². The molecule has 0 aliphatic carbocycles. The van der Waals surface area contributed by atoms with Crippen LogP contribution in [0.2, 0.25) is 0 Å². The fraction of sp³-hybridized carbons (Fsp3) is 0.409. The van der Waals surface area contributed by atoms with Gasteiger partial charge in [0.2, 0.25) is 0 Å². The second-order valence-electron chi connectivity index (χ2n) is 8.32. The number of ether oxygens (including phenoxy) is 1. The average Bonchev–Trinajstić information content (AvgIpc) is 3.02. The maximum atomic E-state index is 13.1. The number of carbonyl (C=O) groups excluding carboxylic acids is 3. The van der Waals surface area contributed by atoms with E-state index in [0.29, 0.717) is 29.3 Å². The first-order valence-corrected chi connectivity index (χ1v) is 11.0. The van der Waals surface area contributed by atoms with Crippen LogP contribution in [-0.4, -0.2) is 53.1 Å². The van der Waals surface area contributed by atoms with Crippen molar-refractivity contribution in [3.63, 3.8) is 0 Å². The van der Waals surface area contributed by atoms with Crippen LogP contribution in [0.1, 0.15) is 32.3 Å². The highest BCUT2D eigenvalue weighted by molar-refractivity contribution is 6.08. The molecule has 1 unspecified atom stereocenters. The van der Waals surface area contributed by atoms with Gasteiger partial charge in [0, 0.05) is 13.6 Å². The third kappa shape index (κ3) is 4.83. The molecule has 1 fully saturated rings. The van der Waals surface area contributed by atoms with E-state index in [0.717, 1.165) is 6.42 Å². The molecular weight excluding hydrogens is 458 g/mol. The Morgan fingerprint density at radius 3 is 2.63 bits per heavy atom. The van der Waals surface area contributed by atoms with Gasteiger partial charge in [-0.05, 0) is 31.0 Å². The first kappa shape index (κ1) is 25.3. The van der Waals surface area contributed by atoms with Crippen LogP contribution >= 0.6 is 0 Å². The lowest BCUT2D eigenvalue weighted by Gasteiger charge is -2.24. The molecule has 3 rings (SSSR count). The molecule has 5 N–H and O–H groups in total. The standard InChI is InChI=1S/C22H29N7O6/c1-5-6-10-28-17(23)16(18(31)24-20(28)33)27(3)12-15(30)26-29-19(32)22(2,25-21(29)34)13-8-7-9-14(11-13)35-4/h7-9,11H,5-6,10,12,23H2,1-4H3,(H,25,34)(H,26,30)(H,24,31,33). The van der Waals surface area contributed by atoms with E-state index in [9.17, 15) is 24.0 Å². The summed E-state index contributed by atoms with van der Waals surface area (Å²) in [5.74, 6) is -1.03. The molecular formula is C22H29N7O6. The number of H-pyrrole nitrogens is 1. The van der Waals surface area contributed by atoms with Gasteiger partial charge in [-0.1, -0.05) is 25.5 Å². The minimum atomic E-state index is -1.43. The SMILES string of the molecule is CCCCn1c(N)c(N(C)CC(=O)NN2C(=O)NC(C)(c3cccc(OC)c3)C2=O)c(=O)[nH]c1=O. The predicted molar refractivity (Wildman–Crippen MR) is 128 cm³/mol. The number of benzene rings is 1. The van der Waals surface area contributed by atoms with Crippen LogP contribution in [0.3, 0.4) is 0 Å². The van der Waals surface area contributed by atoms with E-state index in [1.807, 2.05) is 6.92 Å². The number of imide groups is 1. The molecule has 13 nitrogen and oxygen atoms in total. The molecule has 1 aromatic heterocycles. The van der Waals surface area contributed by atoms with Crippen molar-refractivity contribution in [3.8, 4) is 5.75 Å². The van der Waals surface area contributed by atoms with Gasteiger partial charge in [0.05, 0.1) is 13.7 Å². The quantitative estimate of drug-likeness (QED) is 0.354. The van der Waals surface area contributed by atoms with Gasteiger partial charge in [0.25, 0.3) is 17.4 Å². The smallest absolute Gasteiger partial charge is 0.344 e. The number of hydrazine groups is 1. The lowest BCUT2D eigenvalue weighted by Crippen LogP contribution is -2.51. The van der Waals surface area contributed by atoms with Gasteiger partial charge in [0.1, 0.15) is 22.8 Å². The van der Waals surface area contributed by atoms with Crippen molar-refractivity contribution in [3.05, 3.63) is 50.7 Å². The molecule has 35 heavy (non-hydrogen) atoms. The molecule has 1 aliphatic heterocycles. The van der Waals surface area contributed by atoms with Crippen LogP contribution in [-0.2, 0) is 21.7 Å². The predicted octanol–water partition coefficient (Wildman–Crippen LogP) is -0.138. The number of nitrogen functional groups attached to an aromatic ring is 1. The normalized spacial score (nSPS) is 17.3. The lowest BCUT2D eigenvalue weighted by atomic mass is 9.92. The average molecular weight is 488 g/mol. The highest BCUT2D eigenvalue weighted by Gasteiger charge is 2.50. The summed E-state index contributed by atoms with van der Waals surface area (Å²) < 4.78 is 6.41. The summed E-state index contributed by atoms with van der Waals surface area (Å²) in [5.41, 5.74) is 5.91. The summed E-state index contributed by atoms with van der Waals surface area (Å²) in [6, 6.07) is 5.82. The van der Waals surface area contributed by atoms with Crippen molar-refractivity contribution in [1.82, 2.24) is 25.3 Å². The maximum Gasteiger partial charge on any atom is 0.344 e. The van der Waals surface area contributed by atoms with Crippen molar-refractivity contribution >= 4 is 29.4 Å². The number of amides is 4. The number of carbonyl (C=O) groups is 3. The van der Waals surface area contributed by atoms with Gasteiger partial charge in [-0.3, -0.25) is 29.4 Å². The first-order chi connectivity index (χ1) is 16.5. The zero-order valence-electron chi connectivity index (χ0n) is 20.0. The van der Waals surface area contributed by atoms with Gasteiger partial charge in [-0.25, -0.2) is 9.59 Å². The molecule has 1 atom stereocenters. The van der Waals surface area contributed by atoms with E-state index in [1.54, 1.807) is 24.3 Å². The van der Waals surface area contributed by atoms with Crippen molar-refractivity contribution < 1.29 is 19.1 Å². The zero-order chi connectivity index (χ0) is 25.9. The Morgan fingerprint density at radius 2 is 1.97 bits per heavy atom. The topological polar surface area (TPSA) is 172 Å². The van der Waals surface area contributed by atoms with Crippen LogP contribution in [0, 0.1) is 0 Å². The molecule has 1 aromatic carbocycles. The van der Waals surface area contributed by atoms with E-state index in [1.165, 1.54) is 30.5 Å². The summed E-state index contributed by atoms with van der Waals surface area (Å²) in [6.07, 6.45) is 1.47. The monoisotopic (exact) mass is 487 g/mol. The molecule has 13 heteroatoms. The molecule has 0 saturated carbocycles. The third-order valence-electron chi connectivity index (χ3n) is 5.79. The molecule has 0 radical (unpaired) electrons. The summed E-state index contributed by atoms with van der Waals surface area (Å²) in [4.78, 5) is 66.3. The van der Waals surface area contributed by atoms with Crippen molar-refractivity contribution in [2.45, 2.75) is 38.8 Å². The summed E-state index contributed by atoms with van der Waals surface area (Å²) >= 11 is 0. The minimum absolute atomic E-state index is 0.0747. The number of nitrogens with two attached hydrogens (primary N) is 1. The molecule has 0 bridgehead atoms. The van der Waals surface area contributed by atoms with Crippen LogP contribution in [0.15, 0.2) is 33.9 Å². The Kier molecular flexibility index (Phi) is 7.17. The largest absolute Gasteiger partial charge is 0.497 e. The summed E-state index contributed by atoms with van der Waals surface area (Å²) in [6.45, 7) is 3.34. The Labute approximate surface area is 200 Å². The Bertz CT molecular complexity index is 1270. The van der Waals surface area contributed by atoms with Crippen molar-refractivity contribution in [2.24, 2.45) is 0 Å². The molecule has 0 spiro atoms. The van der Waals surface area contributed by atoms with Gasteiger partial charge in [-0.2, -0.15) is 5.01 Å². The Balaban J connectivity index is 1.77. The number of aromatic nitrogens is 2. The van der Waals surface area contributed by atoms with Gasteiger partial charge < -0.3 is 20.7 Å². The first-order valence-electron chi connectivity index (χ1n) is 11.0. The maximum absolute atomic E-state index is 13.1. The third-order valence-corrected chi connectivity index (χ3v) is 5.79. The zero-order valence-corrected chi connectivity index (χ0v) is 20.0. The van der Waals surface area contributed by atoms with E-state index in [4.69, 9.17) is 10.5 Å². The van der Waals surface area contributed by atoms with E-state index >= 15 is 0 Å². The number of aromatic amines is 1. The number of hydrogen-bond acceptors (Lipinski definition) is 8. The van der Waals surface area contributed by atoms with Gasteiger partial charge in [0.15, 0.2) is 0 Å². The van der Waals surface area contributed by atoms with Gasteiger partial charge in [-0.15, -0.1) is 0 Å². The van der Waals surface area contributed by atoms with E-state index in [-0.39, 0.29) is 11.5 Å². The van der Waals surface area contributed by atoms with Crippen molar-refractivity contribution in [1.29, 1.82) is 0 Å². The number of nitrogens with one attached hydrogen (secondary N) is 3. The Hall–Kier alpha value is -4.29. The lowest BCUT2D eigenvalue weighted by molar-refractivity contribution is -0.138. The fourth-order valence-electron chi connectivity index (χ4n) is 3.81. The second kappa shape index (κ2) is 9.91. The van der Waals surface area contributed by atoms with Crippen LogP contribution in [0.4, 0.5) is 16.3 Å². The van der Waals surface area contributed by atoms with Crippen LogP contribution in [0.5, 0.6) is 5.75 Å². The molecule has 1 aliphatic rings. The highest BCUT2D eigenvalue weighted by Crippen LogP contribution is 2.30. The molecule has 2 aromatic rings. The molecule has 2 heterocycles. The number of anilines is 2. The Morgan fingerprint density at radius 1 is 1.26 bits per heavy atom. The number of nitrogens with zero attached hydrogens (tertiary/aromatic N) is 3. The van der Waals surface area contributed by atoms with E-state index in [2.05, 4.69) is 15.7 Å². The second-order valence-corrected chi connectivity index (χ2v) is 8.32. The number of urea groups is 1. The minimum Gasteiger partial charge on any atom is -0.497 e. The number of rotatable bonds is 9. The summed E-state index contributed by atoms with van der Waals surface area (Å²) in [5, 5.41) is 3.17. The molecule has 1 saturated heterocycles. The van der Waals surface area contributed by atoms with Crippen LogP contribution < -0.4 is 37.4 Å². The molecule has 4 amide bonds. The highest BCUT2D eigenvalue weighted by atomic mass is 16.5. The van der Waals surface area contributed by atoms with E-state index < -0.39 is 41.2 Å².